The van der Waals surface area contributed by atoms with Crippen molar-refractivity contribution < 1.29 is 17.9 Å². The average molecular weight is 414 g/mol. The van der Waals surface area contributed by atoms with Crippen molar-refractivity contribution in [3.05, 3.63) is 71.3 Å². The van der Waals surface area contributed by atoms with E-state index in [1.165, 1.54) is 11.4 Å². The van der Waals surface area contributed by atoms with E-state index < -0.39 is 10.0 Å². The number of hydrogen-bond donors (Lipinski definition) is 0. The first-order valence-corrected chi connectivity index (χ1v) is 11.2. The fourth-order valence-corrected chi connectivity index (χ4v) is 5.30. The van der Waals surface area contributed by atoms with Gasteiger partial charge in [-0.3, -0.25) is 4.79 Å². The van der Waals surface area contributed by atoms with Crippen LogP contribution in [0.15, 0.2) is 65.1 Å². The molecular weight excluding hydrogens is 386 g/mol. The van der Waals surface area contributed by atoms with Crippen molar-refractivity contribution in [3.63, 3.8) is 0 Å². The second-order valence-corrected chi connectivity index (χ2v) is 9.36. The minimum absolute atomic E-state index is 0.163. The molecule has 154 valence electrons. The first-order valence-electron chi connectivity index (χ1n) is 9.71. The number of nitrogens with zero attached hydrogens (tertiary/aromatic N) is 1. The van der Waals surface area contributed by atoms with Gasteiger partial charge in [-0.15, -0.1) is 0 Å². The summed E-state index contributed by atoms with van der Waals surface area (Å²) >= 11 is 0. The Balaban J connectivity index is 1.93. The summed E-state index contributed by atoms with van der Waals surface area (Å²) in [5.74, 6) is -0.542. The Morgan fingerprint density at radius 2 is 1.76 bits per heavy atom. The molecule has 0 radical (unpaired) electrons. The maximum absolute atomic E-state index is 13.1. The van der Waals surface area contributed by atoms with Gasteiger partial charge in [-0.25, -0.2) is 8.42 Å². The molecule has 0 saturated carbocycles. The van der Waals surface area contributed by atoms with Crippen LogP contribution in [0.1, 0.15) is 30.9 Å². The third kappa shape index (κ3) is 4.77. The standard InChI is InChI=1S/C23H27NO4S/c1-17-9-11-21(12-10-17)29(26,27)24-14-13-22(20(16-24)15-23(25)28-3)18(2)19-7-5-4-6-8-19/h4-12,20H,13-16H2,1-3H3/b22-18-/t20-/m0/s1. The molecule has 1 fully saturated rings. The summed E-state index contributed by atoms with van der Waals surface area (Å²) in [4.78, 5) is 12.3. The highest BCUT2D eigenvalue weighted by Gasteiger charge is 2.34. The van der Waals surface area contributed by atoms with Gasteiger partial charge < -0.3 is 4.74 Å². The summed E-state index contributed by atoms with van der Waals surface area (Å²) in [5, 5.41) is 0. The maximum atomic E-state index is 13.1. The van der Waals surface area contributed by atoms with E-state index in [0.29, 0.717) is 13.0 Å². The highest BCUT2D eigenvalue weighted by molar-refractivity contribution is 7.89. The van der Waals surface area contributed by atoms with Crippen LogP contribution < -0.4 is 0 Å². The van der Waals surface area contributed by atoms with E-state index in [9.17, 15) is 13.2 Å². The summed E-state index contributed by atoms with van der Waals surface area (Å²) in [6.45, 7) is 4.63. The molecule has 1 saturated heterocycles. The molecule has 6 heteroatoms. The van der Waals surface area contributed by atoms with Gasteiger partial charge in [0, 0.05) is 19.0 Å². The number of carbonyl (C=O) groups excluding carboxylic acids is 1. The van der Waals surface area contributed by atoms with E-state index in [0.717, 1.165) is 22.3 Å². The monoisotopic (exact) mass is 413 g/mol. The summed E-state index contributed by atoms with van der Waals surface area (Å²) < 4.78 is 32.6. The molecule has 5 nitrogen and oxygen atoms in total. The molecule has 2 aromatic carbocycles. The van der Waals surface area contributed by atoms with Crippen LogP contribution in [0.5, 0.6) is 0 Å². The lowest BCUT2D eigenvalue weighted by Gasteiger charge is -2.35. The van der Waals surface area contributed by atoms with Gasteiger partial charge in [0.25, 0.3) is 0 Å². The number of ether oxygens (including phenoxy) is 1. The second-order valence-electron chi connectivity index (χ2n) is 7.42. The molecule has 0 aliphatic carbocycles. The lowest BCUT2D eigenvalue weighted by atomic mass is 9.84. The first-order chi connectivity index (χ1) is 13.8. The normalized spacial score (nSPS) is 19.6. The minimum Gasteiger partial charge on any atom is -0.469 e. The lowest BCUT2D eigenvalue weighted by Crippen LogP contribution is -2.41. The van der Waals surface area contributed by atoms with Crippen LogP contribution in [-0.4, -0.2) is 38.9 Å². The Kier molecular flexibility index (Phi) is 6.55. The Morgan fingerprint density at radius 3 is 2.38 bits per heavy atom. The zero-order valence-electron chi connectivity index (χ0n) is 17.1. The fraction of sp³-hybridized carbons (Fsp3) is 0.348. The number of carbonyl (C=O) groups is 1. The van der Waals surface area contributed by atoms with Crippen molar-refractivity contribution in [2.24, 2.45) is 5.92 Å². The van der Waals surface area contributed by atoms with Gasteiger partial charge in [-0.05, 0) is 43.5 Å². The van der Waals surface area contributed by atoms with Gasteiger partial charge in [0.1, 0.15) is 0 Å². The number of rotatable bonds is 5. The van der Waals surface area contributed by atoms with Crippen LogP contribution in [0.2, 0.25) is 0 Å². The molecule has 1 aliphatic rings. The molecule has 1 atom stereocenters. The molecule has 0 unspecified atom stereocenters. The number of hydrogen-bond acceptors (Lipinski definition) is 4. The van der Waals surface area contributed by atoms with Gasteiger partial charge in [-0.2, -0.15) is 4.31 Å². The predicted octanol–water partition coefficient (Wildman–Crippen LogP) is 4.04. The van der Waals surface area contributed by atoms with Gasteiger partial charge in [0.05, 0.1) is 18.4 Å². The number of sulfonamides is 1. The van der Waals surface area contributed by atoms with E-state index in [1.807, 2.05) is 44.2 Å². The van der Waals surface area contributed by atoms with Crippen molar-refractivity contribution in [2.45, 2.75) is 31.6 Å². The Hall–Kier alpha value is -2.44. The molecule has 0 spiro atoms. The average Bonchev–Trinajstić information content (AvgIpc) is 2.74. The largest absolute Gasteiger partial charge is 0.469 e. The van der Waals surface area contributed by atoms with Crippen molar-refractivity contribution in [1.29, 1.82) is 0 Å². The molecule has 29 heavy (non-hydrogen) atoms. The van der Waals surface area contributed by atoms with E-state index in [1.54, 1.807) is 24.3 Å². The number of allylic oxidation sites excluding steroid dienone is 1. The quantitative estimate of drug-likeness (QED) is 0.694. The molecule has 0 amide bonds. The molecule has 1 heterocycles. The number of methoxy groups -OCH3 is 1. The van der Waals surface area contributed by atoms with Crippen molar-refractivity contribution in [1.82, 2.24) is 4.31 Å². The van der Waals surface area contributed by atoms with Crippen LogP contribution in [0.4, 0.5) is 0 Å². The zero-order chi connectivity index (χ0) is 21.0. The van der Waals surface area contributed by atoms with E-state index in [-0.39, 0.29) is 29.7 Å². The van der Waals surface area contributed by atoms with E-state index in [2.05, 4.69) is 0 Å². The second kappa shape index (κ2) is 8.93. The maximum Gasteiger partial charge on any atom is 0.306 e. The summed E-state index contributed by atoms with van der Waals surface area (Å²) in [5.41, 5.74) is 4.32. The Morgan fingerprint density at radius 1 is 1.10 bits per heavy atom. The third-order valence-electron chi connectivity index (χ3n) is 5.54. The fourth-order valence-electron chi connectivity index (χ4n) is 3.81. The summed E-state index contributed by atoms with van der Waals surface area (Å²) in [6, 6.07) is 16.9. The number of benzene rings is 2. The lowest BCUT2D eigenvalue weighted by molar-refractivity contribution is -0.141. The zero-order valence-corrected chi connectivity index (χ0v) is 17.9. The number of aryl methyl sites for hydroxylation is 1. The number of esters is 1. The molecular formula is C23H27NO4S. The molecule has 2 aromatic rings. The van der Waals surface area contributed by atoms with Gasteiger partial charge in [0.15, 0.2) is 0 Å². The van der Waals surface area contributed by atoms with Crippen molar-refractivity contribution in [3.8, 4) is 0 Å². The summed E-state index contributed by atoms with van der Waals surface area (Å²) in [7, 11) is -2.25. The predicted molar refractivity (Wildman–Crippen MR) is 114 cm³/mol. The SMILES string of the molecule is COC(=O)C[C@H]1CN(S(=O)(=O)c2ccc(C)cc2)CC/C1=C(\C)c1ccccc1. The third-order valence-corrected chi connectivity index (χ3v) is 7.41. The van der Waals surface area contributed by atoms with Gasteiger partial charge in [0.2, 0.25) is 10.0 Å². The van der Waals surface area contributed by atoms with Crippen LogP contribution in [0.25, 0.3) is 5.57 Å². The molecule has 0 bridgehead atoms. The molecule has 1 aliphatic heterocycles. The first kappa shape index (κ1) is 21.3. The Labute approximate surface area is 173 Å². The van der Waals surface area contributed by atoms with Crippen LogP contribution in [-0.2, 0) is 19.6 Å². The van der Waals surface area contributed by atoms with Crippen molar-refractivity contribution >= 4 is 21.6 Å². The van der Waals surface area contributed by atoms with Gasteiger partial charge >= 0.3 is 5.97 Å². The minimum atomic E-state index is -3.61. The highest BCUT2D eigenvalue weighted by atomic mass is 32.2. The topological polar surface area (TPSA) is 63.7 Å². The van der Waals surface area contributed by atoms with Crippen LogP contribution in [0, 0.1) is 12.8 Å². The van der Waals surface area contributed by atoms with Crippen LogP contribution in [0.3, 0.4) is 0 Å². The molecule has 0 aromatic heterocycles. The Bertz CT molecular complexity index is 995. The molecule has 0 N–H and O–H groups in total. The van der Waals surface area contributed by atoms with E-state index >= 15 is 0 Å². The number of piperidine rings is 1. The van der Waals surface area contributed by atoms with E-state index in [4.69, 9.17) is 4.74 Å². The molecule has 3 rings (SSSR count). The van der Waals surface area contributed by atoms with Gasteiger partial charge in [-0.1, -0.05) is 53.6 Å². The van der Waals surface area contributed by atoms with Crippen molar-refractivity contribution in [2.75, 3.05) is 20.2 Å². The summed E-state index contributed by atoms with van der Waals surface area (Å²) in [6.07, 6.45) is 0.753. The smallest absolute Gasteiger partial charge is 0.306 e. The van der Waals surface area contributed by atoms with Crippen LogP contribution >= 0.6 is 0 Å². The highest BCUT2D eigenvalue weighted by Crippen LogP contribution is 2.35.